The van der Waals surface area contributed by atoms with Gasteiger partial charge in [0.2, 0.25) is 5.76 Å². The summed E-state index contributed by atoms with van der Waals surface area (Å²) in [5.74, 6) is -0.195. The molecule has 0 spiro atoms. The van der Waals surface area contributed by atoms with Crippen molar-refractivity contribution in [3.63, 3.8) is 0 Å². The highest BCUT2D eigenvalue weighted by Gasteiger charge is 2.42. The summed E-state index contributed by atoms with van der Waals surface area (Å²) in [5.41, 5.74) is 2.59. The highest BCUT2D eigenvalue weighted by Crippen LogP contribution is 2.38. The monoisotopic (exact) mass is 349 g/mol. The maximum atomic E-state index is 13.1. The van der Waals surface area contributed by atoms with Gasteiger partial charge in [-0.05, 0) is 31.0 Å². The normalized spacial score (nSPS) is 16.3. The van der Waals surface area contributed by atoms with E-state index in [1.165, 1.54) is 0 Å². The number of fused-ring (bicyclic) bond motifs is 2. The summed E-state index contributed by atoms with van der Waals surface area (Å²) in [6, 6.07) is 14.3. The molecule has 0 radical (unpaired) electrons. The SMILES string of the molecule is Cc1ccc(C2c3c(oc4ccccc4c3=O)C(=O)N2CCCO)cc1. The molecular formula is C21H19NO4. The van der Waals surface area contributed by atoms with Gasteiger partial charge in [-0.25, -0.2) is 0 Å². The second-order valence-electron chi connectivity index (χ2n) is 6.56. The minimum absolute atomic E-state index is 0.0237. The van der Waals surface area contributed by atoms with Gasteiger partial charge in [0.1, 0.15) is 5.58 Å². The van der Waals surface area contributed by atoms with Crippen LogP contribution >= 0.6 is 0 Å². The molecule has 26 heavy (non-hydrogen) atoms. The molecule has 1 aromatic heterocycles. The molecule has 5 heteroatoms. The Bertz CT molecular complexity index is 1040. The van der Waals surface area contributed by atoms with Crippen LogP contribution in [0.15, 0.2) is 57.7 Å². The van der Waals surface area contributed by atoms with Crippen LogP contribution in [0, 0.1) is 6.92 Å². The predicted octanol–water partition coefficient (Wildman–Crippen LogP) is 3.03. The maximum absolute atomic E-state index is 13.1. The zero-order valence-electron chi connectivity index (χ0n) is 14.4. The fraction of sp³-hybridized carbons (Fsp3) is 0.238. The van der Waals surface area contributed by atoms with Crippen LogP contribution in [0.1, 0.15) is 39.7 Å². The fourth-order valence-corrected chi connectivity index (χ4v) is 3.53. The lowest BCUT2D eigenvalue weighted by Crippen LogP contribution is -2.31. The van der Waals surface area contributed by atoms with Gasteiger partial charge < -0.3 is 14.4 Å². The van der Waals surface area contributed by atoms with Gasteiger partial charge in [-0.3, -0.25) is 9.59 Å². The number of rotatable bonds is 4. The van der Waals surface area contributed by atoms with Gasteiger partial charge in [0.15, 0.2) is 5.43 Å². The smallest absolute Gasteiger partial charge is 0.290 e. The number of hydrogen-bond acceptors (Lipinski definition) is 4. The molecule has 0 saturated carbocycles. The highest BCUT2D eigenvalue weighted by atomic mass is 16.3. The summed E-state index contributed by atoms with van der Waals surface area (Å²) in [4.78, 5) is 27.7. The lowest BCUT2D eigenvalue weighted by Gasteiger charge is -2.25. The van der Waals surface area contributed by atoms with Crippen molar-refractivity contribution in [2.45, 2.75) is 19.4 Å². The van der Waals surface area contributed by atoms with Crippen LogP contribution in [0.3, 0.4) is 0 Å². The average Bonchev–Trinajstić information content (AvgIpc) is 2.93. The van der Waals surface area contributed by atoms with Crippen molar-refractivity contribution in [2.75, 3.05) is 13.2 Å². The highest BCUT2D eigenvalue weighted by molar-refractivity contribution is 5.99. The number of aryl methyl sites for hydroxylation is 1. The van der Waals surface area contributed by atoms with Crippen molar-refractivity contribution in [1.29, 1.82) is 0 Å². The van der Waals surface area contributed by atoms with Crippen molar-refractivity contribution in [2.24, 2.45) is 0 Å². The lowest BCUT2D eigenvalue weighted by molar-refractivity contribution is 0.0716. The second kappa shape index (κ2) is 6.42. The summed E-state index contributed by atoms with van der Waals surface area (Å²) >= 11 is 0. The van der Waals surface area contributed by atoms with Gasteiger partial charge in [-0.15, -0.1) is 0 Å². The lowest BCUT2D eigenvalue weighted by atomic mass is 9.97. The summed E-state index contributed by atoms with van der Waals surface area (Å²) < 4.78 is 5.83. The molecule has 4 rings (SSSR count). The van der Waals surface area contributed by atoms with Crippen molar-refractivity contribution in [3.8, 4) is 0 Å². The van der Waals surface area contributed by atoms with Gasteiger partial charge in [-0.1, -0.05) is 42.0 Å². The number of nitrogens with zero attached hydrogens (tertiary/aromatic N) is 1. The molecule has 1 amide bonds. The Labute approximate surface area is 150 Å². The Morgan fingerprint density at radius 2 is 1.81 bits per heavy atom. The van der Waals surface area contributed by atoms with Gasteiger partial charge >= 0.3 is 0 Å². The molecule has 2 heterocycles. The first-order valence-corrected chi connectivity index (χ1v) is 8.66. The van der Waals surface area contributed by atoms with Crippen LogP contribution in [-0.2, 0) is 0 Å². The third-order valence-electron chi connectivity index (χ3n) is 4.82. The Balaban J connectivity index is 1.96. The number of benzene rings is 2. The number of aliphatic hydroxyl groups excluding tert-OH is 1. The standard InChI is InChI=1S/C21H19NO4/c1-13-7-9-14(10-8-13)18-17-19(24)15-5-2-3-6-16(15)26-20(17)21(25)22(18)11-4-12-23/h2-3,5-10,18,23H,4,11-12H2,1H3. The molecule has 5 nitrogen and oxygen atoms in total. The molecular weight excluding hydrogens is 330 g/mol. The van der Waals surface area contributed by atoms with E-state index < -0.39 is 6.04 Å². The number of amides is 1. The first-order chi connectivity index (χ1) is 12.6. The molecule has 0 fully saturated rings. The molecule has 3 aromatic rings. The predicted molar refractivity (Wildman–Crippen MR) is 98.2 cm³/mol. The first kappa shape index (κ1) is 16.5. The van der Waals surface area contributed by atoms with E-state index in [9.17, 15) is 14.7 Å². The zero-order chi connectivity index (χ0) is 18.3. The molecule has 132 valence electrons. The van der Waals surface area contributed by atoms with Crippen molar-refractivity contribution in [1.82, 2.24) is 4.90 Å². The van der Waals surface area contributed by atoms with Gasteiger partial charge in [0, 0.05) is 13.2 Å². The van der Waals surface area contributed by atoms with E-state index in [2.05, 4.69) is 0 Å². The molecule has 1 N–H and O–H groups in total. The maximum Gasteiger partial charge on any atom is 0.290 e. The zero-order valence-corrected chi connectivity index (χ0v) is 14.4. The van der Waals surface area contributed by atoms with E-state index in [4.69, 9.17) is 4.42 Å². The molecule has 1 aliphatic heterocycles. The summed E-state index contributed by atoms with van der Waals surface area (Å²) in [7, 11) is 0. The largest absolute Gasteiger partial charge is 0.450 e. The van der Waals surface area contributed by atoms with Crippen LogP contribution < -0.4 is 5.43 Å². The molecule has 1 aliphatic rings. The molecule has 1 unspecified atom stereocenters. The summed E-state index contributed by atoms with van der Waals surface area (Å²) in [6.07, 6.45) is 0.440. The van der Waals surface area contributed by atoms with E-state index in [0.717, 1.165) is 11.1 Å². The molecule has 2 aromatic carbocycles. The van der Waals surface area contributed by atoms with Crippen LogP contribution in [0.2, 0.25) is 0 Å². The van der Waals surface area contributed by atoms with Crippen LogP contribution in [0.25, 0.3) is 11.0 Å². The van der Waals surface area contributed by atoms with E-state index in [1.807, 2.05) is 31.2 Å². The van der Waals surface area contributed by atoms with Crippen molar-refractivity contribution >= 4 is 16.9 Å². The summed E-state index contributed by atoms with van der Waals surface area (Å²) in [6.45, 7) is 2.32. The van der Waals surface area contributed by atoms with Crippen LogP contribution in [-0.4, -0.2) is 29.1 Å². The molecule has 0 bridgehead atoms. The Morgan fingerprint density at radius 3 is 2.54 bits per heavy atom. The number of carbonyl (C=O) groups is 1. The van der Waals surface area contributed by atoms with Crippen molar-refractivity contribution in [3.05, 3.63) is 81.2 Å². The van der Waals surface area contributed by atoms with Gasteiger partial charge in [0.05, 0.1) is 17.0 Å². The third kappa shape index (κ3) is 2.52. The van der Waals surface area contributed by atoms with E-state index in [1.54, 1.807) is 29.2 Å². The average molecular weight is 349 g/mol. The van der Waals surface area contributed by atoms with E-state index >= 15 is 0 Å². The number of aliphatic hydroxyl groups is 1. The number of carbonyl (C=O) groups excluding carboxylic acids is 1. The topological polar surface area (TPSA) is 70.8 Å². The second-order valence-corrected chi connectivity index (χ2v) is 6.56. The van der Waals surface area contributed by atoms with E-state index in [0.29, 0.717) is 29.5 Å². The third-order valence-corrected chi connectivity index (χ3v) is 4.82. The number of para-hydroxylation sites is 1. The Morgan fingerprint density at radius 1 is 1.08 bits per heavy atom. The minimum Gasteiger partial charge on any atom is -0.450 e. The van der Waals surface area contributed by atoms with Gasteiger partial charge in [0.25, 0.3) is 5.91 Å². The molecule has 1 atom stereocenters. The quantitative estimate of drug-likeness (QED) is 0.786. The Kier molecular flexibility index (Phi) is 4.09. The fourth-order valence-electron chi connectivity index (χ4n) is 3.53. The molecule has 0 saturated heterocycles. The van der Waals surface area contributed by atoms with Crippen molar-refractivity contribution < 1.29 is 14.3 Å². The van der Waals surface area contributed by atoms with Gasteiger partial charge in [-0.2, -0.15) is 0 Å². The van der Waals surface area contributed by atoms with Crippen LogP contribution in [0.4, 0.5) is 0 Å². The summed E-state index contributed by atoms with van der Waals surface area (Å²) in [5, 5.41) is 9.68. The molecule has 0 aliphatic carbocycles. The van der Waals surface area contributed by atoms with E-state index in [-0.39, 0.29) is 23.7 Å². The number of hydrogen-bond donors (Lipinski definition) is 1. The first-order valence-electron chi connectivity index (χ1n) is 8.66. The van der Waals surface area contributed by atoms with Crippen LogP contribution in [0.5, 0.6) is 0 Å². The Hall–Kier alpha value is -2.92. The minimum atomic E-state index is -0.495.